The molecule has 1 atom stereocenters. The van der Waals surface area contributed by atoms with E-state index in [1.165, 1.54) is 5.57 Å². The Bertz CT molecular complexity index is 645. The summed E-state index contributed by atoms with van der Waals surface area (Å²) in [6.45, 7) is 0. The minimum Gasteiger partial charge on any atom is -0.481 e. The molecular weight excluding hydrogens is 236 g/mol. The Hall–Kier alpha value is -2.35. The first kappa shape index (κ1) is 11.7. The van der Waals surface area contributed by atoms with E-state index in [4.69, 9.17) is 5.11 Å². The zero-order valence-corrected chi connectivity index (χ0v) is 10.4. The third kappa shape index (κ3) is 2.29. The van der Waals surface area contributed by atoms with E-state index >= 15 is 0 Å². The predicted octanol–water partition coefficient (Wildman–Crippen LogP) is 3.68. The van der Waals surface area contributed by atoms with Crippen molar-refractivity contribution >= 4 is 17.6 Å². The highest BCUT2D eigenvalue weighted by Crippen LogP contribution is 2.34. The fourth-order valence-electron chi connectivity index (χ4n) is 2.59. The average Bonchev–Trinajstić information content (AvgIpc) is 2.55. The summed E-state index contributed by atoms with van der Waals surface area (Å²) in [5, 5.41) is 9.09. The summed E-state index contributed by atoms with van der Waals surface area (Å²) < 4.78 is 0. The maximum atomic E-state index is 11.1. The minimum absolute atomic E-state index is 0.0617. The number of aliphatic carboxylic acids is 1. The van der Waals surface area contributed by atoms with Crippen molar-refractivity contribution in [3.63, 3.8) is 0 Å². The van der Waals surface area contributed by atoms with Gasteiger partial charge in [-0.25, -0.2) is 0 Å². The molecule has 0 fully saturated rings. The normalized spacial score (nSPS) is 19.9. The number of fused-ring (bicyclic) bond motifs is 2. The van der Waals surface area contributed by atoms with Crippen molar-refractivity contribution in [1.82, 2.24) is 0 Å². The van der Waals surface area contributed by atoms with Crippen molar-refractivity contribution in [2.75, 3.05) is 0 Å². The second kappa shape index (κ2) is 4.73. The highest BCUT2D eigenvalue weighted by Gasteiger charge is 2.18. The first-order chi connectivity index (χ1) is 9.24. The second-order valence-corrected chi connectivity index (χ2v) is 4.76. The second-order valence-electron chi connectivity index (χ2n) is 4.76. The average molecular weight is 250 g/mol. The lowest BCUT2D eigenvalue weighted by atomic mass is 9.92. The summed E-state index contributed by atoms with van der Waals surface area (Å²) in [5.74, 6) is -0.619. The Morgan fingerprint density at radius 1 is 1.21 bits per heavy atom. The lowest BCUT2D eigenvalue weighted by Crippen LogP contribution is -2.01. The van der Waals surface area contributed by atoms with Crippen LogP contribution in [0.2, 0.25) is 0 Å². The standard InChI is InChI=1S/C17H14O2/c18-17(19)11-15-10-13-6-2-1-5-12(13)9-14-7-3-4-8-16(14)15/h1-10,13H,11H2,(H,18,19). The number of carboxylic acid groups (broad SMARTS) is 1. The summed E-state index contributed by atoms with van der Waals surface area (Å²) in [7, 11) is 0. The van der Waals surface area contributed by atoms with Gasteiger partial charge in [0, 0.05) is 5.92 Å². The summed E-state index contributed by atoms with van der Waals surface area (Å²) in [5.41, 5.74) is 4.20. The third-order valence-electron chi connectivity index (χ3n) is 3.45. The van der Waals surface area contributed by atoms with Crippen molar-refractivity contribution in [2.24, 2.45) is 5.92 Å². The predicted molar refractivity (Wildman–Crippen MR) is 76.4 cm³/mol. The number of carboxylic acids is 1. The van der Waals surface area contributed by atoms with Crippen LogP contribution in [0.4, 0.5) is 0 Å². The zero-order chi connectivity index (χ0) is 13.2. The molecule has 0 saturated heterocycles. The first-order valence-corrected chi connectivity index (χ1v) is 6.32. The molecule has 1 aromatic rings. The number of carbonyl (C=O) groups is 1. The summed E-state index contributed by atoms with van der Waals surface area (Å²) in [6.07, 6.45) is 12.5. The maximum absolute atomic E-state index is 11.1. The van der Waals surface area contributed by atoms with E-state index in [1.54, 1.807) is 0 Å². The van der Waals surface area contributed by atoms with E-state index in [2.05, 4.69) is 24.3 Å². The van der Waals surface area contributed by atoms with Crippen LogP contribution in [0.5, 0.6) is 0 Å². The molecule has 0 spiro atoms. The molecule has 2 aliphatic carbocycles. The van der Waals surface area contributed by atoms with Gasteiger partial charge in [-0.1, -0.05) is 60.7 Å². The highest BCUT2D eigenvalue weighted by atomic mass is 16.4. The molecule has 3 rings (SSSR count). The molecule has 0 aromatic heterocycles. The van der Waals surface area contributed by atoms with Crippen molar-refractivity contribution in [2.45, 2.75) is 6.42 Å². The lowest BCUT2D eigenvalue weighted by Gasteiger charge is -2.12. The SMILES string of the molecule is O=C(O)CC1=CC2C=CC=CC2=Cc2ccccc21. The third-order valence-corrected chi connectivity index (χ3v) is 3.45. The van der Waals surface area contributed by atoms with Crippen LogP contribution < -0.4 is 0 Å². The van der Waals surface area contributed by atoms with Gasteiger partial charge in [-0.2, -0.15) is 0 Å². The Labute approximate surface area is 112 Å². The molecule has 0 radical (unpaired) electrons. The van der Waals surface area contributed by atoms with E-state index in [0.29, 0.717) is 0 Å². The number of hydrogen-bond donors (Lipinski definition) is 1. The summed E-state index contributed by atoms with van der Waals surface area (Å²) in [4.78, 5) is 11.1. The molecule has 2 heteroatoms. The van der Waals surface area contributed by atoms with Gasteiger partial charge >= 0.3 is 5.97 Å². The molecule has 2 nitrogen and oxygen atoms in total. The van der Waals surface area contributed by atoms with Crippen LogP contribution in [0.3, 0.4) is 0 Å². The molecule has 94 valence electrons. The maximum Gasteiger partial charge on any atom is 0.307 e. The van der Waals surface area contributed by atoms with Crippen molar-refractivity contribution in [1.29, 1.82) is 0 Å². The Balaban J connectivity index is 2.15. The van der Waals surface area contributed by atoms with Gasteiger partial charge in [-0.05, 0) is 22.3 Å². The molecule has 1 N–H and O–H groups in total. The van der Waals surface area contributed by atoms with Gasteiger partial charge in [0.15, 0.2) is 0 Å². The van der Waals surface area contributed by atoms with E-state index in [9.17, 15) is 4.79 Å². The van der Waals surface area contributed by atoms with Gasteiger partial charge in [0.2, 0.25) is 0 Å². The Morgan fingerprint density at radius 3 is 2.89 bits per heavy atom. The van der Waals surface area contributed by atoms with E-state index in [1.807, 2.05) is 36.4 Å². The molecule has 1 aromatic carbocycles. The molecule has 19 heavy (non-hydrogen) atoms. The fourth-order valence-corrected chi connectivity index (χ4v) is 2.59. The minimum atomic E-state index is -0.792. The molecule has 0 bridgehead atoms. The van der Waals surface area contributed by atoms with Gasteiger partial charge < -0.3 is 5.11 Å². The van der Waals surface area contributed by atoms with Crippen LogP contribution in [0.25, 0.3) is 11.6 Å². The number of allylic oxidation sites excluding steroid dienone is 6. The van der Waals surface area contributed by atoms with E-state index in [0.717, 1.165) is 16.7 Å². The number of rotatable bonds is 2. The van der Waals surface area contributed by atoms with E-state index in [-0.39, 0.29) is 12.3 Å². The number of hydrogen-bond acceptors (Lipinski definition) is 1. The largest absolute Gasteiger partial charge is 0.481 e. The Kier molecular flexibility index (Phi) is 2.92. The van der Waals surface area contributed by atoms with Gasteiger partial charge in [-0.15, -0.1) is 0 Å². The van der Waals surface area contributed by atoms with Crippen LogP contribution in [0, 0.1) is 5.92 Å². The highest BCUT2D eigenvalue weighted by molar-refractivity contribution is 5.88. The first-order valence-electron chi connectivity index (χ1n) is 6.32. The van der Waals surface area contributed by atoms with Crippen molar-refractivity contribution in [3.8, 4) is 0 Å². The topological polar surface area (TPSA) is 37.3 Å². The van der Waals surface area contributed by atoms with Gasteiger partial charge in [0.1, 0.15) is 0 Å². The quantitative estimate of drug-likeness (QED) is 0.869. The zero-order valence-electron chi connectivity index (χ0n) is 10.4. The van der Waals surface area contributed by atoms with Crippen LogP contribution in [0.15, 0.2) is 60.2 Å². The van der Waals surface area contributed by atoms with Crippen LogP contribution in [0.1, 0.15) is 17.5 Å². The van der Waals surface area contributed by atoms with Crippen molar-refractivity contribution in [3.05, 3.63) is 71.3 Å². The van der Waals surface area contributed by atoms with Gasteiger partial charge in [-0.3, -0.25) is 4.79 Å². The van der Waals surface area contributed by atoms with E-state index < -0.39 is 5.97 Å². The molecule has 0 amide bonds. The van der Waals surface area contributed by atoms with Crippen LogP contribution >= 0.6 is 0 Å². The summed E-state index contributed by atoms with van der Waals surface area (Å²) >= 11 is 0. The summed E-state index contributed by atoms with van der Waals surface area (Å²) in [6, 6.07) is 7.96. The van der Waals surface area contributed by atoms with Gasteiger partial charge in [0.25, 0.3) is 0 Å². The van der Waals surface area contributed by atoms with Gasteiger partial charge in [0.05, 0.1) is 6.42 Å². The molecular formula is C17H14O2. The van der Waals surface area contributed by atoms with Crippen molar-refractivity contribution < 1.29 is 9.90 Å². The smallest absolute Gasteiger partial charge is 0.307 e. The molecule has 0 heterocycles. The monoisotopic (exact) mass is 250 g/mol. The molecule has 0 saturated carbocycles. The van der Waals surface area contributed by atoms with Crippen LogP contribution in [-0.2, 0) is 4.79 Å². The van der Waals surface area contributed by atoms with Crippen LogP contribution in [-0.4, -0.2) is 11.1 Å². The molecule has 0 aliphatic heterocycles. The Morgan fingerprint density at radius 2 is 2.05 bits per heavy atom. The molecule has 2 aliphatic rings. The fraction of sp³-hybridized carbons (Fsp3) is 0.118. The molecule has 1 unspecified atom stereocenters. The lowest BCUT2D eigenvalue weighted by molar-refractivity contribution is -0.135. The number of benzene rings is 1.